The third-order valence-electron chi connectivity index (χ3n) is 6.46. The summed E-state index contributed by atoms with van der Waals surface area (Å²) >= 11 is 0. The van der Waals surface area contributed by atoms with Gasteiger partial charge >= 0.3 is 6.03 Å². The summed E-state index contributed by atoms with van der Waals surface area (Å²) in [7, 11) is 1.92. The molecule has 31 heavy (non-hydrogen) atoms. The lowest BCUT2D eigenvalue weighted by Gasteiger charge is -2.42. The molecule has 0 bridgehead atoms. The number of aromatic nitrogens is 3. The van der Waals surface area contributed by atoms with Crippen molar-refractivity contribution in [1.82, 2.24) is 29.5 Å². The van der Waals surface area contributed by atoms with Crippen LogP contribution in [0.5, 0.6) is 0 Å². The Morgan fingerprint density at radius 1 is 1.10 bits per heavy atom. The normalized spacial score (nSPS) is 19.2. The molecule has 166 valence electrons. The molecule has 0 atom stereocenters. The number of piperidine rings is 1. The Morgan fingerprint density at radius 3 is 2.48 bits per heavy atom. The second kappa shape index (κ2) is 8.78. The van der Waals surface area contributed by atoms with E-state index in [1.54, 1.807) is 12.4 Å². The minimum absolute atomic E-state index is 0.0499. The number of hydrogen-bond donors (Lipinski definition) is 0. The van der Waals surface area contributed by atoms with Crippen LogP contribution in [0.1, 0.15) is 44.2 Å². The van der Waals surface area contributed by atoms with E-state index in [1.165, 1.54) is 10.5 Å². The molecular formula is C23H32N6O2. The van der Waals surface area contributed by atoms with Crippen molar-refractivity contribution in [2.24, 2.45) is 13.0 Å². The summed E-state index contributed by atoms with van der Waals surface area (Å²) in [6.45, 7) is 7.59. The fourth-order valence-electron chi connectivity index (χ4n) is 4.67. The van der Waals surface area contributed by atoms with Crippen molar-refractivity contribution in [3.8, 4) is 0 Å². The molecule has 3 amide bonds. The zero-order chi connectivity index (χ0) is 22.0. The lowest BCUT2D eigenvalue weighted by Crippen LogP contribution is -2.56. The molecule has 2 aromatic heterocycles. The highest BCUT2D eigenvalue weighted by Gasteiger charge is 2.57. The van der Waals surface area contributed by atoms with Crippen LogP contribution >= 0.6 is 0 Å². The van der Waals surface area contributed by atoms with E-state index in [4.69, 9.17) is 0 Å². The average molecular weight is 425 g/mol. The summed E-state index contributed by atoms with van der Waals surface area (Å²) in [5.41, 5.74) is 1.32. The SMILES string of the molecule is CC(C)CCN1C(=O)N(Cc2cccnc2)C(=O)C12CCN(Cc1cnn(C)c1)CC2. The number of pyridine rings is 1. The number of hydrogen-bond acceptors (Lipinski definition) is 5. The molecule has 8 nitrogen and oxygen atoms in total. The molecular weight excluding hydrogens is 392 g/mol. The number of carbonyl (C=O) groups is 2. The first kappa shape index (κ1) is 21.5. The van der Waals surface area contributed by atoms with Crippen LogP contribution in [0, 0.1) is 5.92 Å². The standard InChI is InChI=1S/C23H32N6O2/c1-18(2)6-10-29-22(31)28(17-19-5-4-9-24-13-19)21(30)23(29)7-11-27(12-8-23)16-20-14-25-26(3)15-20/h4-5,9,13-15,18H,6-8,10-12,16-17H2,1-3H3. The number of amides is 3. The zero-order valence-corrected chi connectivity index (χ0v) is 18.7. The summed E-state index contributed by atoms with van der Waals surface area (Å²) in [4.78, 5) is 36.8. The van der Waals surface area contributed by atoms with Crippen molar-refractivity contribution >= 4 is 11.9 Å². The van der Waals surface area contributed by atoms with Crippen LogP contribution in [0.15, 0.2) is 36.9 Å². The van der Waals surface area contributed by atoms with Gasteiger partial charge in [0.1, 0.15) is 5.54 Å². The Bertz CT molecular complexity index is 917. The van der Waals surface area contributed by atoms with Gasteiger partial charge in [0.25, 0.3) is 5.91 Å². The van der Waals surface area contributed by atoms with Gasteiger partial charge in [-0.25, -0.2) is 4.79 Å². The van der Waals surface area contributed by atoms with E-state index < -0.39 is 5.54 Å². The summed E-state index contributed by atoms with van der Waals surface area (Å²) in [5, 5.41) is 4.25. The number of carbonyl (C=O) groups excluding carboxylic acids is 2. The van der Waals surface area contributed by atoms with E-state index in [9.17, 15) is 9.59 Å². The van der Waals surface area contributed by atoms with Gasteiger partial charge in [-0.05, 0) is 36.8 Å². The van der Waals surface area contributed by atoms with Crippen molar-refractivity contribution < 1.29 is 9.59 Å². The maximum Gasteiger partial charge on any atom is 0.327 e. The van der Waals surface area contributed by atoms with Gasteiger partial charge in [0.15, 0.2) is 0 Å². The lowest BCUT2D eigenvalue weighted by molar-refractivity contribution is -0.136. The molecule has 2 aromatic rings. The second-order valence-electron chi connectivity index (χ2n) is 9.20. The number of rotatable bonds is 7. The summed E-state index contributed by atoms with van der Waals surface area (Å²) < 4.78 is 1.81. The molecule has 2 fully saturated rings. The molecule has 0 aliphatic carbocycles. The number of aryl methyl sites for hydroxylation is 1. The highest BCUT2D eigenvalue weighted by molar-refractivity contribution is 6.07. The monoisotopic (exact) mass is 424 g/mol. The number of nitrogens with zero attached hydrogens (tertiary/aromatic N) is 6. The van der Waals surface area contributed by atoms with Crippen LogP contribution in [0.3, 0.4) is 0 Å². The largest absolute Gasteiger partial charge is 0.327 e. The van der Waals surface area contributed by atoms with Crippen LogP contribution in [0.2, 0.25) is 0 Å². The van der Waals surface area contributed by atoms with Crippen LogP contribution in [0.25, 0.3) is 0 Å². The van der Waals surface area contributed by atoms with E-state index in [1.807, 2.05) is 41.2 Å². The van der Waals surface area contributed by atoms with Gasteiger partial charge in [-0.1, -0.05) is 19.9 Å². The molecule has 0 unspecified atom stereocenters. The summed E-state index contributed by atoms with van der Waals surface area (Å²) in [6.07, 6.45) is 9.56. The van der Waals surface area contributed by atoms with Gasteiger partial charge in [0, 0.05) is 57.4 Å². The highest BCUT2D eigenvalue weighted by Crippen LogP contribution is 2.38. The van der Waals surface area contributed by atoms with Gasteiger partial charge in [-0.3, -0.25) is 24.3 Å². The van der Waals surface area contributed by atoms with E-state index >= 15 is 0 Å². The Kier molecular flexibility index (Phi) is 6.09. The van der Waals surface area contributed by atoms with E-state index in [2.05, 4.69) is 28.8 Å². The van der Waals surface area contributed by atoms with Crippen molar-refractivity contribution in [3.05, 3.63) is 48.0 Å². The van der Waals surface area contributed by atoms with Crippen molar-refractivity contribution in [2.45, 2.75) is 51.7 Å². The van der Waals surface area contributed by atoms with Gasteiger partial charge in [0.05, 0.1) is 12.7 Å². The average Bonchev–Trinajstić information content (AvgIpc) is 3.24. The topological polar surface area (TPSA) is 74.6 Å². The van der Waals surface area contributed by atoms with E-state index in [0.29, 0.717) is 25.3 Å². The summed E-state index contributed by atoms with van der Waals surface area (Å²) in [6, 6.07) is 3.59. The Balaban J connectivity index is 1.51. The van der Waals surface area contributed by atoms with Gasteiger partial charge in [0.2, 0.25) is 0 Å². The van der Waals surface area contributed by atoms with Crippen LogP contribution in [-0.4, -0.2) is 66.6 Å². The molecule has 2 aliphatic rings. The molecule has 0 aromatic carbocycles. The molecule has 4 heterocycles. The van der Waals surface area contributed by atoms with E-state index in [-0.39, 0.29) is 18.5 Å². The predicted molar refractivity (Wildman–Crippen MR) is 117 cm³/mol. The van der Waals surface area contributed by atoms with Crippen molar-refractivity contribution in [2.75, 3.05) is 19.6 Å². The van der Waals surface area contributed by atoms with Gasteiger partial charge < -0.3 is 4.90 Å². The third kappa shape index (κ3) is 4.35. The Hall–Kier alpha value is -2.74. The maximum atomic E-state index is 13.6. The molecule has 2 saturated heterocycles. The first-order valence-corrected chi connectivity index (χ1v) is 11.1. The lowest BCUT2D eigenvalue weighted by atomic mass is 9.85. The maximum absolute atomic E-state index is 13.6. The quantitative estimate of drug-likeness (QED) is 0.639. The number of urea groups is 1. The van der Waals surface area contributed by atoms with E-state index in [0.717, 1.165) is 31.6 Å². The van der Waals surface area contributed by atoms with Crippen LogP contribution < -0.4 is 0 Å². The fraction of sp³-hybridized carbons (Fsp3) is 0.565. The minimum Gasteiger partial charge on any atom is -0.309 e. The smallest absolute Gasteiger partial charge is 0.309 e. The zero-order valence-electron chi connectivity index (χ0n) is 18.7. The highest BCUT2D eigenvalue weighted by atomic mass is 16.2. The Morgan fingerprint density at radius 2 is 1.87 bits per heavy atom. The van der Waals surface area contributed by atoms with Gasteiger partial charge in [-0.2, -0.15) is 5.10 Å². The third-order valence-corrected chi connectivity index (χ3v) is 6.46. The molecule has 4 rings (SSSR count). The first-order chi connectivity index (χ1) is 14.9. The number of imide groups is 1. The van der Waals surface area contributed by atoms with Crippen LogP contribution in [0.4, 0.5) is 4.79 Å². The molecule has 0 radical (unpaired) electrons. The Labute approximate surface area is 183 Å². The molecule has 8 heteroatoms. The second-order valence-corrected chi connectivity index (χ2v) is 9.20. The minimum atomic E-state index is -0.723. The van der Waals surface area contributed by atoms with Crippen molar-refractivity contribution in [3.63, 3.8) is 0 Å². The number of likely N-dealkylation sites (tertiary alicyclic amines) is 1. The predicted octanol–water partition coefficient (Wildman–Crippen LogP) is 2.66. The van der Waals surface area contributed by atoms with Gasteiger partial charge in [-0.15, -0.1) is 0 Å². The summed E-state index contributed by atoms with van der Waals surface area (Å²) in [5.74, 6) is 0.420. The first-order valence-electron chi connectivity index (χ1n) is 11.1. The van der Waals surface area contributed by atoms with Crippen molar-refractivity contribution in [1.29, 1.82) is 0 Å². The molecule has 1 spiro atoms. The molecule has 0 saturated carbocycles. The van der Waals surface area contributed by atoms with Crippen LogP contribution in [-0.2, 0) is 24.9 Å². The molecule has 0 N–H and O–H groups in total. The molecule has 2 aliphatic heterocycles. The fourth-order valence-corrected chi connectivity index (χ4v) is 4.67.